The second kappa shape index (κ2) is 6.18. The van der Waals surface area contributed by atoms with Crippen molar-refractivity contribution in [2.75, 3.05) is 19.6 Å². The van der Waals surface area contributed by atoms with Gasteiger partial charge in [-0.2, -0.15) is 0 Å². The van der Waals surface area contributed by atoms with Crippen LogP contribution in [-0.2, 0) is 11.2 Å². The van der Waals surface area contributed by atoms with Gasteiger partial charge in [0.25, 0.3) is 0 Å². The van der Waals surface area contributed by atoms with Crippen LogP contribution in [0.1, 0.15) is 43.2 Å². The number of aryl methyl sites for hydroxylation is 1. The Labute approximate surface area is 127 Å². The van der Waals surface area contributed by atoms with Gasteiger partial charge in [-0.1, -0.05) is 37.6 Å². The van der Waals surface area contributed by atoms with Crippen molar-refractivity contribution in [3.8, 4) is 0 Å². The number of nitrogens with two attached hydrogens (primary N) is 1. The Hall–Kier alpha value is -1.35. The zero-order valence-corrected chi connectivity index (χ0v) is 12.9. The van der Waals surface area contributed by atoms with Crippen molar-refractivity contribution in [2.24, 2.45) is 17.6 Å². The highest BCUT2D eigenvalue weighted by Gasteiger charge is 2.57. The third-order valence-electron chi connectivity index (χ3n) is 5.11. The topological polar surface area (TPSA) is 46.3 Å². The monoisotopic (exact) mass is 286 g/mol. The Morgan fingerprint density at radius 2 is 2.14 bits per heavy atom. The van der Waals surface area contributed by atoms with Crippen molar-refractivity contribution in [1.82, 2.24) is 4.90 Å². The third-order valence-corrected chi connectivity index (χ3v) is 5.11. The number of unbranched alkanes of at least 4 members (excludes halogenated alkanes) is 1. The second-order valence-electron chi connectivity index (χ2n) is 6.42. The summed E-state index contributed by atoms with van der Waals surface area (Å²) in [6.07, 6.45) is 4.49. The Morgan fingerprint density at radius 3 is 2.90 bits per heavy atom. The van der Waals surface area contributed by atoms with Gasteiger partial charge >= 0.3 is 0 Å². The molecule has 1 aromatic rings. The molecule has 2 aliphatic rings. The van der Waals surface area contributed by atoms with Gasteiger partial charge in [-0.15, -0.1) is 0 Å². The van der Waals surface area contributed by atoms with Crippen LogP contribution in [0.2, 0.25) is 0 Å². The Bertz CT molecular complexity index is 514. The van der Waals surface area contributed by atoms with Gasteiger partial charge in [0.05, 0.1) is 0 Å². The summed E-state index contributed by atoms with van der Waals surface area (Å²) in [5.41, 5.74) is 8.57. The number of hydrogen-bond donors (Lipinski definition) is 1. The van der Waals surface area contributed by atoms with Crippen LogP contribution in [0, 0.1) is 11.8 Å². The number of carbonyl (C=O) groups is 1. The minimum absolute atomic E-state index is 0.219. The molecular formula is C18H26N2O. The number of amides is 1. The molecule has 0 aromatic heterocycles. The predicted octanol–water partition coefficient (Wildman–Crippen LogP) is 2.55. The number of fused-ring (bicyclic) bond motifs is 3. The molecule has 3 nitrogen and oxygen atoms in total. The lowest BCUT2D eigenvalue weighted by Gasteiger charge is -2.22. The molecule has 1 aromatic carbocycles. The normalized spacial score (nSPS) is 25.9. The van der Waals surface area contributed by atoms with E-state index < -0.39 is 0 Å². The summed E-state index contributed by atoms with van der Waals surface area (Å²) in [6.45, 7) is 4.30. The van der Waals surface area contributed by atoms with E-state index in [9.17, 15) is 4.79 Å². The van der Waals surface area contributed by atoms with E-state index in [-0.39, 0.29) is 5.92 Å². The highest BCUT2D eigenvalue weighted by Crippen LogP contribution is 2.60. The minimum Gasteiger partial charge on any atom is -0.341 e. The lowest BCUT2D eigenvalue weighted by atomic mass is 9.92. The smallest absolute Gasteiger partial charge is 0.226 e. The van der Waals surface area contributed by atoms with Gasteiger partial charge in [-0.3, -0.25) is 4.79 Å². The van der Waals surface area contributed by atoms with Crippen molar-refractivity contribution in [3.63, 3.8) is 0 Å². The number of rotatable bonds is 6. The summed E-state index contributed by atoms with van der Waals surface area (Å²) in [4.78, 5) is 14.9. The SMILES string of the molecule is CCCCN(CCN)C(=O)C1C2CCc3ccccc3C21. The first kappa shape index (κ1) is 14.6. The first-order valence-corrected chi connectivity index (χ1v) is 8.34. The number of benzene rings is 1. The first-order valence-electron chi connectivity index (χ1n) is 8.34. The van der Waals surface area contributed by atoms with Crippen LogP contribution >= 0.6 is 0 Å². The lowest BCUT2D eigenvalue weighted by molar-refractivity contribution is -0.133. The summed E-state index contributed by atoms with van der Waals surface area (Å²) in [6, 6.07) is 8.66. The van der Waals surface area contributed by atoms with Crippen LogP contribution in [0.3, 0.4) is 0 Å². The maximum atomic E-state index is 12.8. The zero-order chi connectivity index (χ0) is 14.8. The largest absolute Gasteiger partial charge is 0.341 e. The van der Waals surface area contributed by atoms with Crippen molar-refractivity contribution >= 4 is 5.91 Å². The Morgan fingerprint density at radius 1 is 1.33 bits per heavy atom. The van der Waals surface area contributed by atoms with E-state index in [0.29, 0.717) is 30.8 Å². The Kier molecular flexibility index (Phi) is 4.29. The molecule has 3 heteroatoms. The van der Waals surface area contributed by atoms with Crippen LogP contribution in [0.4, 0.5) is 0 Å². The van der Waals surface area contributed by atoms with Crippen molar-refractivity contribution in [1.29, 1.82) is 0 Å². The fourth-order valence-corrected chi connectivity index (χ4v) is 3.95. The van der Waals surface area contributed by atoms with Crippen molar-refractivity contribution < 1.29 is 4.79 Å². The molecule has 0 spiro atoms. The molecule has 1 amide bonds. The van der Waals surface area contributed by atoms with Gasteiger partial charge in [0, 0.05) is 25.6 Å². The fraction of sp³-hybridized carbons (Fsp3) is 0.611. The van der Waals surface area contributed by atoms with Crippen LogP contribution in [0.5, 0.6) is 0 Å². The van der Waals surface area contributed by atoms with E-state index in [2.05, 4.69) is 31.2 Å². The van der Waals surface area contributed by atoms with Crippen LogP contribution in [-0.4, -0.2) is 30.4 Å². The lowest BCUT2D eigenvalue weighted by Crippen LogP contribution is -2.37. The van der Waals surface area contributed by atoms with Crippen LogP contribution < -0.4 is 5.73 Å². The molecule has 2 N–H and O–H groups in total. The van der Waals surface area contributed by atoms with Crippen LogP contribution in [0.15, 0.2) is 24.3 Å². The highest BCUT2D eigenvalue weighted by molar-refractivity contribution is 5.84. The number of hydrogen-bond acceptors (Lipinski definition) is 2. The van der Waals surface area contributed by atoms with Crippen molar-refractivity contribution in [3.05, 3.63) is 35.4 Å². The average molecular weight is 286 g/mol. The molecule has 2 aliphatic carbocycles. The van der Waals surface area contributed by atoms with Gasteiger partial charge in [-0.25, -0.2) is 0 Å². The maximum absolute atomic E-state index is 12.8. The summed E-state index contributed by atoms with van der Waals surface area (Å²) in [5.74, 6) is 1.62. The quantitative estimate of drug-likeness (QED) is 0.873. The molecule has 0 bridgehead atoms. The fourth-order valence-electron chi connectivity index (χ4n) is 3.95. The van der Waals surface area contributed by atoms with Gasteiger partial charge < -0.3 is 10.6 Å². The zero-order valence-electron chi connectivity index (χ0n) is 12.9. The average Bonchev–Trinajstić information content (AvgIpc) is 3.25. The minimum atomic E-state index is 0.219. The molecule has 21 heavy (non-hydrogen) atoms. The molecule has 0 heterocycles. The van der Waals surface area contributed by atoms with E-state index in [1.807, 2.05) is 4.90 Å². The Balaban J connectivity index is 1.72. The molecule has 1 fully saturated rings. The second-order valence-corrected chi connectivity index (χ2v) is 6.42. The molecule has 3 atom stereocenters. The van der Waals surface area contributed by atoms with Gasteiger partial charge in [0.15, 0.2) is 0 Å². The van der Waals surface area contributed by atoms with E-state index in [1.54, 1.807) is 0 Å². The van der Waals surface area contributed by atoms with E-state index in [4.69, 9.17) is 5.73 Å². The van der Waals surface area contributed by atoms with E-state index in [0.717, 1.165) is 25.8 Å². The maximum Gasteiger partial charge on any atom is 0.226 e. The molecule has 0 radical (unpaired) electrons. The van der Waals surface area contributed by atoms with E-state index in [1.165, 1.54) is 17.5 Å². The van der Waals surface area contributed by atoms with E-state index >= 15 is 0 Å². The first-order chi connectivity index (χ1) is 10.3. The summed E-state index contributed by atoms with van der Waals surface area (Å²) < 4.78 is 0. The standard InChI is InChI=1S/C18H26N2O/c1-2-3-11-20(12-10-19)18(21)17-15-9-8-13-6-4-5-7-14(13)16(15)17/h4-7,15-17H,2-3,8-12,19H2,1H3. The number of carbonyl (C=O) groups excluding carboxylic acids is 1. The summed E-state index contributed by atoms with van der Waals surface area (Å²) >= 11 is 0. The highest BCUT2D eigenvalue weighted by atomic mass is 16.2. The molecule has 0 saturated heterocycles. The summed E-state index contributed by atoms with van der Waals surface area (Å²) in [7, 11) is 0. The van der Waals surface area contributed by atoms with Crippen molar-refractivity contribution in [2.45, 2.75) is 38.5 Å². The molecular weight excluding hydrogens is 260 g/mol. The molecule has 0 aliphatic heterocycles. The summed E-state index contributed by atoms with van der Waals surface area (Å²) in [5, 5.41) is 0. The number of nitrogens with zero attached hydrogens (tertiary/aromatic N) is 1. The molecule has 114 valence electrons. The van der Waals surface area contributed by atoms with Gasteiger partial charge in [0.2, 0.25) is 5.91 Å². The molecule has 3 rings (SSSR count). The molecule has 3 unspecified atom stereocenters. The van der Waals surface area contributed by atoms with Gasteiger partial charge in [-0.05, 0) is 42.2 Å². The van der Waals surface area contributed by atoms with Crippen LogP contribution in [0.25, 0.3) is 0 Å². The molecule has 1 saturated carbocycles. The van der Waals surface area contributed by atoms with Gasteiger partial charge in [0.1, 0.15) is 0 Å². The predicted molar refractivity (Wildman–Crippen MR) is 85.0 cm³/mol. The third kappa shape index (κ3) is 2.71.